The summed E-state index contributed by atoms with van der Waals surface area (Å²) in [6.45, 7) is 3.25. The number of benzene rings is 1. The van der Waals surface area contributed by atoms with Gasteiger partial charge < -0.3 is 15.7 Å². The van der Waals surface area contributed by atoms with Crippen molar-refractivity contribution in [3.05, 3.63) is 29.3 Å². The Morgan fingerprint density at radius 3 is 2.54 bits per heavy atom. The smallest absolute Gasteiger partial charge is 0.243 e. The van der Waals surface area contributed by atoms with Gasteiger partial charge in [0.2, 0.25) is 21.8 Å². The Hall–Kier alpha value is -1.68. The number of aliphatic hydroxyl groups is 1. The number of hydrogen-bond donors (Lipinski definition) is 3. The molecule has 156 valence electrons. The van der Waals surface area contributed by atoms with E-state index >= 15 is 0 Å². The molecule has 0 spiro atoms. The third-order valence-electron chi connectivity index (χ3n) is 4.50. The van der Waals surface area contributed by atoms with Crippen LogP contribution in [0.2, 0.25) is 5.02 Å². The monoisotopic (exact) mass is 431 g/mol. The van der Waals surface area contributed by atoms with Crippen molar-refractivity contribution in [3.63, 3.8) is 0 Å². The molecule has 10 heteroatoms. The van der Waals surface area contributed by atoms with Gasteiger partial charge >= 0.3 is 0 Å². The predicted molar refractivity (Wildman–Crippen MR) is 105 cm³/mol. The molecule has 28 heavy (non-hydrogen) atoms. The van der Waals surface area contributed by atoms with Crippen LogP contribution in [0.3, 0.4) is 0 Å². The van der Waals surface area contributed by atoms with Crippen LogP contribution in [0.1, 0.15) is 26.7 Å². The maximum Gasteiger partial charge on any atom is 0.243 e. The van der Waals surface area contributed by atoms with Crippen LogP contribution in [0.4, 0.5) is 0 Å². The van der Waals surface area contributed by atoms with Gasteiger partial charge in [-0.1, -0.05) is 11.6 Å². The SMILES string of the molecule is CC(C)(CO)NC(=O)CNC(=O)[C@H]1CCCN(S(=O)(=O)c2ccc(Cl)cc2)C1. The normalized spacial score (nSPS) is 18.5. The van der Waals surface area contributed by atoms with Gasteiger partial charge in [-0.3, -0.25) is 9.59 Å². The second-order valence-electron chi connectivity index (χ2n) is 7.46. The predicted octanol–water partition coefficient (Wildman–Crippen LogP) is 0.744. The summed E-state index contributed by atoms with van der Waals surface area (Å²) in [5.41, 5.74) is -0.782. The summed E-state index contributed by atoms with van der Waals surface area (Å²) >= 11 is 5.81. The van der Waals surface area contributed by atoms with Crippen LogP contribution in [-0.2, 0) is 19.6 Å². The van der Waals surface area contributed by atoms with Crippen LogP contribution in [0.25, 0.3) is 0 Å². The van der Waals surface area contributed by atoms with Crippen LogP contribution in [-0.4, -0.2) is 61.4 Å². The molecule has 1 atom stereocenters. The van der Waals surface area contributed by atoms with Gasteiger partial charge in [0.1, 0.15) is 0 Å². The number of rotatable bonds is 7. The third kappa shape index (κ3) is 5.91. The van der Waals surface area contributed by atoms with E-state index in [4.69, 9.17) is 16.7 Å². The summed E-state index contributed by atoms with van der Waals surface area (Å²) in [6, 6.07) is 5.90. The minimum Gasteiger partial charge on any atom is -0.394 e. The first-order valence-electron chi connectivity index (χ1n) is 9.00. The van der Waals surface area contributed by atoms with Crippen molar-refractivity contribution in [1.82, 2.24) is 14.9 Å². The van der Waals surface area contributed by atoms with Crippen LogP contribution in [0.5, 0.6) is 0 Å². The lowest BCUT2D eigenvalue weighted by atomic mass is 9.99. The van der Waals surface area contributed by atoms with E-state index in [1.807, 2.05) is 0 Å². The van der Waals surface area contributed by atoms with Gasteiger partial charge in [-0.15, -0.1) is 0 Å². The molecule has 0 unspecified atom stereocenters. The summed E-state index contributed by atoms with van der Waals surface area (Å²) < 4.78 is 26.9. The number of aliphatic hydroxyl groups excluding tert-OH is 1. The van der Waals surface area contributed by atoms with Crippen molar-refractivity contribution in [1.29, 1.82) is 0 Å². The van der Waals surface area contributed by atoms with Gasteiger partial charge in [-0.25, -0.2) is 8.42 Å². The number of piperidine rings is 1. The van der Waals surface area contributed by atoms with E-state index in [9.17, 15) is 18.0 Å². The van der Waals surface area contributed by atoms with E-state index < -0.39 is 27.4 Å². The second kappa shape index (κ2) is 9.21. The molecule has 1 saturated heterocycles. The minimum absolute atomic E-state index is 0.0561. The number of carbonyl (C=O) groups excluding carboxylic acids is 2. The molecular weight excluding hydrogens is 406 g/mol. The molecule has 0 aliphatic carbocycles. The molecule has 1 heterocycles. The zero-order valence-corrected chi connectivity index (χ0v) is 17.5. The van der Waals surface area contributed by atoms with E-state index in [1.54, 1.807) is 13.8 Å². The number of sulfonamides is 1. The molecule has 8 nitrogen and oxygen atoms in total. The highest BCUT2D eigenvalue weighted by Gasteiger charge is 2.33. The van der Waals surface area contributed by atoms with Gasteiger partial charge in [-0.2, -0.15) is 4.31 Å². The lowest BCUT2D eigenvalue weighted by molar-refractivity contribution is -0.130. The van der Waals surface area contributed by atoms with Gasteiger partial charge in [0.25, 0.3) is 0 Å². The van der Waals surface area contributed by atoms with Crippen LogP contribution in [0, 0.1) is 5.92 Å². The quantitative estimate of drug-likeness (QED) is 0.589. The van der Waals surface area contributed by atoms with Gasteiger partial charge in [0.15, 0.2) is 0 Å². The molecule has 0 saturated carbocycles. The van der Waals surface area contributed by atoms with Crippen molar-refractivity contribution in [2.45, 2.75) is 37.1 Å². The maximum atomic E-state index is 12.8. The lowest BCUT2D eigenvalue weighted by Gasteiger charge is -2.31. The summed E-state index contributed by atoms with van der Waals surface area (Å²) in [5.74, 6) is -1.32. The fraction of sp³-hybridized carbons (Fsp3) is 0.556. The Kier molecular flexibility index (Phi) is 7.44. The summed E-state index contributed by atoms with van der Waals surface area (Å²) in [7, 11) is -3.72. The first-order valence-corrected chi connectivity index (χ1v) is 10.8. The highest BCUT2D eigenvalue weighted by atomic mass is 35.5. The highest BCUT2D eigenvalue weighted by molar-refractivity contribution is 7.89. The van der Waals surface area contributed by atoms with Gasteiger partial charge in [-0.05, 0) is 51.0 Å². The van der Waals surface area contributed by atoms with E-state index in [1.165, 1.54) is 28.6 Å². The first-order chi connectivity index (χ1) is 13.0. The molecule has 0 aromatic heterocycles. The zero-order chi connectivity index (χ0) is 20.9. The van der Waals surface area contributed by atoms with E-state index in [-0.39, 0.29) is 30.5 Å². The van der Waals surface area contributed by atoms with Gasteiger partial charge in [0.05, 0.1) is 29.5 Å². The highest BCUT2D eigenvalue weighted by Crippen LogP contribution is 2.24. The van der Waals surface area contributed by atoms with Crippen molar-refractivity contribution in [3.8, 4) is 0 Å². The maximum absolute atomic E-state index is 12.8. The fourth-order valence-electron chi connectivity index (χ4n) is 2.90. The Bertz CT molecular complexity index is 811. The van der Waals surface area contributed by atoms with E-state index in [2.05, 4.69) is 10.6 Å². The summed E-state index contributed by atoms with van der Waals surface area (Å²) in [6.07, 6.45) is 1.09. The van der Waals surface area contributed by atoms with Crippen molar-refractivity contribution < 1.29 is 23.1 Å². The molecular formula is C18H26ClN3O5S. The Labute approximate surface area is 170 Å². The molecule has 1 aromatic carbocycles. The fourth-order valence-corrected chi connectivity index (χ4v) is 4.55. The van der Waals surface area contributed by atoms with E-state index in [0.717, 1.165) is 0 Å². The molecule has 1 aliphatic rings. The van der Waals surface area contributed by atoms with Crippen LogP contribution in [0.15, 0.2) is 29.2 Å². The molecule has 1 fully saturated rings. The Morgan fingerprint density at radius 1 is 1.29 bits per heavy atom. The number of nitrogens with one attached hydrogen (secondary N) is 2. The topological polar surface area (TPSA) is 116 Å². The molecule has 2 amide bonds. The molecule has 2 rings (SSSR count). The summed E-state index contributed by atoms with van der Waals surface area (Å²) in [5, 5.41) is 14.8. The summed E-state index contributed by atoms with van der Waals surface area (Å²) in [4.78, 5) is 24.4. The van der Waals surface area contributed by atoms with Crippen molar-refractivity contribution >= 4 is 33.4 Å². The number of hydrogen-bond acceptors (Lipinski definition) is 5. The average Bonchev–Trinajstić information content (AvgIpc) is 2.66. The van der Waals surface area contributed by atoms with Crippen LogP contribution < -0.4 is 10.6 Å². The zero-order valence-electron chi connectivity index (χ0n) is 15.9. The molecule has 3 N–H and O–H groups in total. The number of amides is 2. The third-order valence-corrected chi connectivity index (χ3v) is 6.63. The Balaban J connectivity index is 1.96. The molecule has 1 aromatic rings. The standard InChI is InChI=1S/C18H26ClN3O5S/c1-18(2,12-23)21-16(24)10-20-17(25)13-4-3-9-22(11-13)28(26,27)15-7-5-14(19)6-8-15/h5-8,13,23H,3-4,9-12H2,1-2H3,(H,20,25)(H,21,24)/t13-/m0/s1. The van der Waals surface area contributed by atoms with Gasteiger partial charge in [0, 0.05) is 18.1 Å². The molecule has 0 radical (unpaired) electrons. The van der Waals surface area contributed by atoms with Crippen molar-refractivity contribution in [2.24, 2.45) is 5.92 Å². The van der Waals surface area contributed by atoms with Crippen molar-refractivity contribution in [2.75, 3.05) is 26.2 Å². The number of halogens is 1. The molecule has 0 bridgehead atoms. The largest absolute Gasteiger partial charge is 0.394 e. The number of nitrogens with zero attached hydrogens (tertiary/aromatic N) is 1. The van der Waals surface area contributed by atoms with Crippen LogP contribution >= 0.6 is 11.6 Å². The first kappa shape index (κ1) is 22.6. The molecule has 1 aliphatic heterocycles. The number of carbonyl (C=O) groups is 2. The van der Waals surface area contributed by atoms with E-state index in [0.29, 0.717) is 24.4 Å². The second-order valence-corrected chi connectivity index (χ2v) is 9.84. The lowest BCUT2D eigenvalue weighted by Crippen LogP contribution is -2.51. The minimum atomic E-state index is -3.72. The Morgan fingerprint density at radius 2 is 1.93 bits per heavy atom. The average molecular weight is 432 g/mol.